The second-order valence-electron chi connectivity index (χ2n) is 9.28. The molecule has 4 fully saturated rings. The SMILES string of the molecule is CC1(CC(=O)CCCNC(=O)CC2(C)OCC3OCC(O)C3O2)OCC2OCC(O)C2O1. The quantitative estimate of drug-likeness (QED) is 0.388. The van der Waals surface area contributed by atoms with Gasteiger partial charge in [0, 0.05) is 13.0 Å². The first-order valence-electron chi connectivity index (χ1n) is 11.2. The lowest BCUT2D eigenvalue weighted by Gasteiger charge is -2.40. The first-order valence-corrected chi connectivity index (χ1v) is 11.2. The lowest BCUT2D eigenvalue weighted by atomic mass is 10.0. The van der Waals surface area contributed by atoms with E-state index >= 15 is 0 Å². The van der Waals surface area contributed by atoms with Gasteiger partial charge in [0.1, 0.15) is 42.4 Å². The molecule has 4 heterocycles. The van der Waals surface area contributed by atoms with Crippen LogP contribution in [-0.4, -0.2) is 103 Å². The van der Waals surface area contributed by atoms with E-state index in [0.717, 1.165) is 0 Å². The molecule has 32 heavy (non-hydrogen) atoms. The number of nitrogens with one attached hydrogen (secondary N) is 1. The normalized spacial score (nSPS) is 43.5. The maximum atomic E-state index is 12.4. The highest BCUT2D eigenvalue weighted by atomic mass is 16.7. The van der Waals surface area contributed by atoms with Crippen LogP contribution in [0.5, 0.6) is 0 Å². The molecule has 11 heteroatoms. The maximum Gasteiger partial charge on any atom is 0.225 e. The molecule has 4 aliphatic heterocycles. The summed E-state index contributed by atoms with van der Waals surface area (Å²) in [4.78, 5) is 24.7. The van der Waals surface area contributed by atoms with Crippen molar-refractivity contribution in [1.29, 1.82) is 0 Å². The Hall–Kier alpha value is -1.18. The van der Waals surface area contributed by atoms with Crippen molar-refractivity contribution in [1.82, 2.24) is 5.32 Å². The second-order valence-corrected chi connectivity index (χ2v) is 9.28. The van der Waals surface area contributed by atoms with E-state index in [2.05, 4.69) is 5.32 Å². The van der Waals surface area contributed by atoms with Gasteiger partial charge in [-0.2, -0.15) is 0 Å². The molecule has 0 aromatic rings. The average molecular weight is 459 g/mol. The number of ketones is 1. The number of aliphatic hydroxyl groups excluding tert-OH is 2. The summed E-state index contributed by atoms with van der Waals surface area (Å²) in [5, 5.41) is 22.7. The Bertz CT molecular complexity index is 648. The second kappa shape index (κ2) is 9.59. The van der Waals surface area contributed by atoms with E-state index in [1.165, 1.54) is 0 Å². The molecule has 3 N–H and O–H groups in total. The Labute approximate surface area is 186 Å². The van der Waals surface area contributed by atoms with Crippen LogP contribution in [0.25, 0.3) is 0 Å². The minimum atomic E-state index is -1.13. The number of carbonyl (C=O) groups excluding carboxylic acids is 2. The van der Waals surface area contributed by atoms with Crippen LogP contribution in [-0.2, 0) is 38.0 Å². The lowest BCUT2D eigenvalue weighted by Crippen LogP contribution is -2.53. The summed E-state index contributed by atoms with van der Waals surface area (Å²) in [7, 11) is 0. The number of hydrogen-bond donors (Lipinski definition) is 3. The molecule has 11 nitrogen and oxygen atoms in total. The van der Waals surface area contributed by atoms with Crippen molar-refractivity contribution in [2.75, 3.05) is 33.0 Å². The largest absolute Gasteiger partial charge is 0.388 e. The molecule has 182 valence electrons. The fraction of sp³-hybridized carbons (Fsp3) is 0.905. The molecule has 0 radical (unpaired) electrons. The molecule has 0 aromatic heterocycles. The first kappa shape index (κ1) is 24.0. The van der Waals surface area contributed by atoms with E-state index in [4.69, 9.17) is 28.4 Å². The highest BCUT2D eigenvalue weighted by Crippen LogP contribution is 2.34. The third-order valence-electron chi connectivity index (χ3n) is 6.28. The molecule has 0 bridgehead atoms. The molecular weight excluding hydrogens is 426 g/mol. The Morgan fingerprint density at radius 3 is 1.97 bits per heavy atom. The smallest absolute Gasteiger partial charge is 0.225 e. The zero-order valence-electron chi connectivity index (χ0n) is 18.5. The van der Waals surface area contributed by atoms with Gasteiger partial charge in [0.2, 0.25) is 5.91 Å². The standard InChI is InChI=1S/C21H33NO10/c1-20(29-10-15-18(31-20)13(24)8-27-15)6-12(23)4-3-5-22-17(26)7-21(2)30-11-16-19(32-21)14(25)9-28-16/h13-16,18-19,24-25H,3-11H2,1-2H3,(H,22,26). The number of carbonyl (C=O) groups is 2. The highest BCUT2D eigenvalue weighted by Gasteiger charge is 2.49. The van der Waals surface area contributed by atoms with Crippen molar-refractivity contribution < 1.29 is 48.2 Å². The zero-order valence-corrected chi connectivity index (χ0v) is 18.5. The van der Waals surface area contributed by atoms with Crippen LogP contribution in [0.3, 0.4) is 0 Å². The molecule has 0 saturated carbocycles. The summed E-state index contributed by atoms with van der Waals surface area (Å²) in [6.07, 6.45) is -2.31. The molecule has 0 spiro atoms. The number of aliphatic hydroxyl groups is 2. The Morgan fingerprint density at radius 1 is 0.875 bits per heavy atom. The van der Waals surface area contributed by atoms with Crippen LogP contribution >= 0.6 is 0 Å². The number of rotatable bonds is 8. The fourth-order valence-corrected chi connectivity index (χ4v) is 4.57. The summed E-state index contributed by atoms with van der Waals surface area (Å²) in [6.45, 7) is 4.61. The highest BCUT2D eigenvalue weighted by molar-refractivity contribution is 5.79. The molecule has 0 aliphatic carbocycles. The van der Waals surface area contributed by atoms with Crippen LogP contribution in [0.2, 0.25) is 0 Å². The molecule has 4 saturated heterocycles. The van der Waals surface area contributed by atoms with Gasteiger partial charge >= 0.3 is 0 Å². The number of ether oxygens (including phenoxy) is 6. The van der Waals surface area contributed by atoms with Crippen molar-refractivity contribution in [3.63, 3.8) is 0 Å². The van der Waals surface area contributed by atoms with Crippen molar-refractivity contribution in [2.45, 2.75) is 87.7 Å². The van der Waals surface area contributed by atoms with Gasteiger partial charge in [-0.25, -0.2) is 0 Å². The Balaban J connectivity index is 1.14. The summed E-state index contributed by atoms with van der Waals surface area (Å²) in [5.74, 6) is -2.54. The lowest BCUT2D eigenvalue weighted by molar-refractivity contribution is -0.308. The van der Waals surface area contributed by atoms with Crippen LogP contribution < -0.4 is 5.32 Å². The van der Waals surface area contributed by atoms with Crippen LogP contribution in [0.4, 0.5) is 0 Å². The van der Waals surface area contributed by atoms with Crippen LogP contribution in [0, 0.1) is 0 Å². The Kier molecular flexibility index (Phi) is 7.18. The third-order valence-corrected chi connectivity index (χ3v) is 6.28. The maximum absolute atomic E-state index is 12.4. The van der Waals surface area contributed by atoms with Gasteiger partial charge in [-0.3, -0.25) is 9.59 Å². The van der Waals surface area contributed by atoms with Gasteiger partial charge in [-0.1, -0.05) is 0 Å². The molecule has 4 rings (SSSR count). The van der Waals surface area contributed by atoms with E-state index in [9.17, 15) is 19.8 Å². The number of hydrogen-bond acceptors (Lipinski definition) is 10. The van der Waals surface area contributed by atoms with Crippen molar-refractivity contribution in [3.05, 3.63) is 0 Å². The Morgan fingerprint density at radius 2 is 1.41 bits per heavy atom. The van der Waals surface area contributed by atoms with Gasteiger partial charge in [-0.15, -0.1) is 0 Å². The van der Waals surface area contributed by atoms with Crippen molar-refractivity contribution in [2.24, 2.45) is 0 Å². The minimum Gasteiger partial charge on any atom is -0.388 e. The first-order chi connectivity index (χ1) is 15.2. The van der Waals surface area contributed by atoms with E-state index in [-0.39, 0.29) is 69.6 Å². The van der Waals surface area contributed by atoms with Gasteiger partial charge in [0.25, 0.3) is 0 Å². The number of amides is 1. The molecule has 1 amide bonds. The predicted molar refractivity (Wildman–Crippen MR) is 106 cm³/mol. The van der Waals surface area contributed by atoms with Crippen molar-refractivity contribution >= 4 is 11.7 Å². The van der Waals surface area contributed by atoms with Gasteiger partial charge < -0.3 is 44.0 Å². The monoisotopic (exact) mass is 459 g/mol. The van der Waals surface area contributed by atoms with E-state index in [1.54, 1.807) is 13.8 Å². The van der Waals surface area contributed by atoms with E-state index < -0.39 is 36.0 Å². The summed E-state index contributed by atoms with van der Waals surface area (Å²) < 4.78 is 33.7. The summed E-state index contributed by atoms with van der Waals surface area (Å²) >= 11 is 0. The topological polar surface area (TPSA) is 142 Å². The van der Waals surface area contributed by atoms with Crippen molar-refractivity contribution in [3.8, 4) is 0 Å². The van der Waals surface area contributed by atoms with Gasteiger partial charge in [0.05, 0.1) is 39.3 Å². The molecule has 8 unspecified atom stereocenters. The fourth-order valence-electron chi connectivity index (χ4n) is 4.57. The number of Topliss-reactive ketones (excluding diaryl/α,β-unsaturated/α-hetero) is 1. The number of fused-ring (bicyclic) bond motifs is 2. The zero-order chi connectivity index (χ0) is 22.9. The van der Waals surface area contributed by atoms with E-state index in [1.807, 2.05) is 0 Å². The third kappa shape index (κ3) is 5.48. The minimum absolute atomic E-state index is 0.0242. The van der Waals surface area contributed by atoms with E-state index in [0.29, 0.717) is 13.0 Å². The summed E-state index contributed by atoms with van der Waals surface area (Å²) in [5.41, 5.74) is 0. The van der Waals surface area contributed by atoms with Crippen LogP contribution in [0.15, 0.2) is 0 Å². The van der Waals surface area contributed by atoms with Gasteiger partial charge in [-0.05, 0) is 20.3 Å². The van der Waals surface area contributed by atoms with Crippen LogP contribution in [0.1, 0.15) is 39.5 Å². The molecular formula is C21H33NO10. The average Bonchev–Trinajstić information content (AvgIpc) is 3.27. The molecule has 4 aliphatic rings. The predicted octanol–water partition coefficient (Wildman–Crippen LogP) is -0.985. The summed E-state index contributed by atoms with van der Waals surface area (Å²) in [6, 6.07) is 0. The van der Waals surface area contributed by atoms with Gasteiger partial charge in [0.15, 0.2) is 11.6 Å². The molecule has 8 atom stereocenters. The molecule has 0 aromatic carbocycles.